The second-order valence-corrected chi connectivity index (χ2v) is 6.23. The molecule has 0 aliphatic carbocycles. The van der Waals surface area contributed by atoms with Gasteiger partial charge >= 0.3 is 0 Å². The van der Waals surface area contributed by atoms with Crippen LogP contribution in [0.3, 0.4) is 0 Å². The van der Waals surface area contributed by atoms with Crippen LogP contribution < -0.4 is 10.6 Å². The number of rotatable bonds is 9. The Bertz CT molecular complexity index is 803. The summed E-state index contributed by atoms with van der Waals surface area (Å²) in [5.41, 5.74) is 1.29. The van der Waals surface area contributed by atoms with Crippen LogP contribution in [0.15, 0.2) is 60.0 Å². The highest BCUT2D eigenvalue weighted by Gasteiger charge is 2.00. The van der Waals surface area contributed by atoms with Crippen LogP contribution in [0.4, 0.5) is 0 Å². The van der Waals surface area contributed by atoms with E-state index in [9.17, 15) is 0 Å². The summed E-state index contributed by atoms with van der Waals surface area (Å²) in [6, 6.07) is 12.6. The molecule has 0 spiro atoms. The van der Waals surface area contributed by atoms with Crippen LogP contribution in [0.1, 0.15) is 19.8 Å². The van der Waals surface area contributed by atoms with Crippen LogP contribution in [0.25, 0.3) is 10.9 Å². The minimum absolute atomic E-state index is 0.807. The smallest absolute Gasteiger partial charge is 0.191 e. The third-order valence-corrected chi connectivity index (χ3v) is 4.27. The van der Waals surface area contributed by atoms with Gasteiger partial charge < -0.3 is 15.2 Å². The van der Waals surface area contributed by atoms with Crippen LogP contribution in [0, 0.1) is 0 Å². The Kier molecular flexibility index (Phi) is 6.70. The summed E-state index contributed by atoms with van der Waals surface area (Å²) in [6.07, 6.45) is 7.99. The summed E-state index contributed by atoms with van der Waals surface area (Å²) in [5.74, 6) is 0.894. The van der Waals surface area contributed by atoms with Gasteiger partial charge in [-0.2, -0.15) is 5.10 Å². The van der Waals surface area contributed by atoms with E-state index in [1.807, 2.05) is 23.1 Å². The molecule has 6 heteroatoms. The van der Waals surface area contributed by atoms with Crippen molar-refractivity contribution >= 4 is 16.9 Å². The molecule has 2 N–H and O–H groups in total. The molecule has 0 aliphatic rings. The minimum atomic E-state index is 0.807. The van der Waals surface area contributed by atoms with Crippen molar-refractivity contribution in [3.63, 3.8) is 0 Å². The quantitative estimate of drug-likeness (QED) is 0.354. The third kappa shape index (κ3) is 5.12. The Morgan fingerprint density at radius 1 is 1.04 bits per heavy atom. The summed E-state index contributed by atoms with van der Waals surface area (Å²) >= 11 is 0. The van der Waals surface area contributed by atoms with Gasteiger partial charge in [0.05, 0.1) is 0 Å². The first-order valence-electron chi connectivity index (χ1n) is 9.40. The van der Waals surface area contributed by atoms with Crippen LogP contribution >= 0.6 is 0 Å². The molecule has 6 nitrogen and oxygen atoms in total. The first kappa shape index (κ1) is 18.0. The molecule has 138 valence electrons. The molecular weight excluding hydrogens is 324 g/mol. The van der Waals surface area contributed by atoms with Gasteiger partial charge in [-0.15, -0.1) is 0 Å². The van der Waals surface area contributed by atoms with E-state index < -0.39 is 0 Å². The van der Waals surface area contributed by atoms with Crippen molar-refractivity contribution in [2.24, 2.45) is 4.99 Å². The van der Waals surface area contributed by atoms with Crippen LogP contribution in [-0.2, 0) is 13.1 Å². The zero-order chi connectivity index (χ0) is 18.0. The van der Waals surface area contributed by atoms with E-state index in [1.54, 1.807) is 0 Å². The van der Waals surface area contributed by atoms with Gasteiger partial charge in [-0.1, -0.05) is 18.2 Å². The monoisotopic (exact) mass is 352 g/mol. The standard InChI is InChI=1S/C20H28N6/c1-2-21-20(23-12-6-15-26-16-7-13-24-26)22-11-5-14-25-17-10-18-8-3-4-9-19(18)25/h3-4,7-10,13,16-17H,2,5-6,11-12,14-15H2,1H3,(H2,21,22,23). The second-order valence-electron chi connectivity index (χ2n) is 6.23. The van der Waals surface area contributed by atoms with E-state index >= 15 is 0 Å². The predicted molar refractivity (Wildman–Crippen MR) is 107 cm³/mol. The zero-order valence-corrected chi connectivity index (χ0v) is 15.4. The van der Waals surface area contributed by atoms with E-state index in [1.165, 1.54) is 10.9 Å². The van der Waals surface area contributed by atoms with E-state index in [2.05, 4.69) is 68.7 Å². The molecule has 2 aromatic heterocycles. The largest absolute Gasteiger partial charge is 0.357 e. The summed E-state index contributed by atoms with van der Waals surface area (Å²) in [7, 11) is 0. The second kappa shape index (κ2) is 9.65. The Labute approximate surface area is 154 Å². The van der Waals surface area contributed by atoms with Gasteiger partial charge in [-0.3, -0.25) is 9.67 Å². The van der Waals surface area contributed by atoms with Crippen molar-refractivity contribution in [2.75, 3.05) is 19.6 Å². The van der Waals surface area contributed by atoms with Gasteiger partial charge in [0.2, 0.25) is 0 Å². The number of nitrogens with zero attached hydrogens (tertiary/aromatic N) is 4. The third-order valence-electron chi connectivity index (χ3n) is 4.27. The lowest BCUT2D eigenvalue weighted by molar-refractivity contribution is 0.570. The summed E-state index contributed by atoms with van der Waals surface area (Å²) in [5, 5.41) is 12.2. The number of aromatic nitrogens is 3. The molecule has 0 unspecified atom stereocenters. The highest BCUT2D eigenvalue weighted by atomic mass is 15.3. The molecule has 0 atom stereocenters. The Morgan fingerprint density at radius 2 is 1.96 bits per heavy atom. The van der Waals surface area contributed by atoms with E-state index in [0.717, 1.165) is 51.5 Å². The van der Waals surface area contributed by atoms with Crippen molar-refractivity contribution in [3.8, 4) is 0 Å². The van der Waals surface area contributed by atoms with Crippen molar-refractivity contribution in [3.05, 3.63) is 55.0 Å². The van der Waals surface area contributed by atoms with Crippen molar-refractivity contribution in [2.45, 2.75) is 32.9 Å². The Balaban J connectivity index is 1.41. The first-order chi connectivity index (χ1) is 12.9. The van der Waals surface area contributed by atoms with E-state index in [0.29, 0.717) is 0 Å². The molecule has 0 bridgehead atoms. The lowest BCUT2D eigenvalue weighted by Gasteiger charge is -2.11. The average Bonchev–Trinajstić information content (AvgIpc) is 3.32. The summed E-state index contributed by atoms with van der Waals surface area (Å²) in [6.45, 7) is 6.55. The molecule has 1 aromatic carbocycles. The molecular formula is C20H28N6. The zero-order valence-electron chi connectivity index (χ0n) is 15.4. The number of para-hydroxylation sites is 1. The maximum absolute atomic E-state index is 4.69. The van der Waals surface area contributed by atoms with Crippen molar-refractivity contribution < 1.29 is 0 Å². The highest BCUT2D eigenvalue weighted by molar-refractivity contribution is 5.80. The lowest BCUT2D eigenvalue weighted by atomic mass is 10.2. The molecule has 3 rings (SSSR count). The molecule has 26 heavy (non-hydrogen) atoms. The number of guanidine groups is 1. The lowest BCUT2D eigenvalue weighted by Crippen LogP contribution is -2.38. The Hall–Kier alpha value is -2.76. The molecule has 0 amide bonds. The van der Waals surface area contributed by atoms with Gasteiger partial charge in [0.15, 0.2) is 5.96 Å². The number of aryl methyl sites for hydroxylation is 2. The minimum Gasteiger partial charge on any atom is -0.357 e. The fourth-order valence-electron chi connectivity index (χ4n) is 2.99. The normalized spacial score (nSPS) is 11.8. The maximum Gasteiger partial charge on any atom is 0.191 e. The molecule has 0 fully saturated rings. The van der Waals surface area contributed by atoms with E-state index in [-0.39, 0.29) is 0 Å². The summed E-state index contributed by atoms with van der Waals surface area (Å²) in [4.78, 5) is 4.69. The van der Waals surface area contributed by atoms with Crippen LogP contribution in [0.2, 0.25) is 0 Å². The fourth-order valence-corrected chi connectivity index (χ4v) is 2.99. The highest BCUT2D eigenvalue weighted by Crippen LogP contribution is 2.15. The maximum atomic E-state index is 4.69. The first-order valence-corrected chi connectivity index (χ1v) is 9.40. The van der Waals surface area contributed by atoms with E-state index in [4.69, 9.17) is 0 Å². The van der Waals surface area contributed by atoms with Gasteiger partial charge in [0.25, 0.3) is 0 Å². The molecule has 0 saturated heterocycles. The number of fused-ring (bicyclic) bond motifs is 1. The van der Waals surface area contributed by atoms with Crippen molar-refractivity contribution in [1.82, 2.24) is 25.0 Å². The number of hydrogen-bond acceptors (Lipinski definition) is 2. The van der Waals surface area contributed by atoms with Gasteiger partial charge in [-0.05, 0) is 43.4 Å². The number of benzene rings is 1. The number of hydrogen-bond donors (Lipinski definition) is 2. The molecule has 0 aliphatic heterocycles. The number of aliphatic imine (C=N–C) groups is 1. The van der Waals surface area contributed by atoms with Crippen LogP contribution in [0.5, 0.6) is 0 Å². The molecule has 2 heterocycles. The number of nitrogens with one attached hydrogen (secondary N) is 2. The topological polar surface area (TPSA) is 59.2 Å². The molecule has 0 radical (unpaired) electrons. The van der Waals surface area contributed by atoms with Crippen molar-refractivity contribution in [1.29, 1.82) is 0 Å². The molecule has 3 aromatic rings. The van der Waals surface area contributed by atoms with Gasteiger partial charge in [-0.25, -0.2) is 0 Å². The van der Waals surface area contributed by atoms with Gasteiger partial charge in [0.1, 0.15) is 0 Å². The Morgan fingerprint density at radius 3 is 2.81 bits per heavy atom. The SMILES string of the molecule is CCNC(=NCCCn1ccc2ccccc21)NCCCn1cccn1. The van der Waals surface area contributed by atoms with Gasteiger partial charge in [0, 0.05) is 56.8 Å². The summed E-state index contributed by atoms with van der Waals surface area (Å²) < 4.78 is 4.25. The molecule has 0 saturated carbocycles. The van der Waals surface area contributed by atoms with Crippen LogP contribution in [-0.4, -0.2) is 39.9 Å². The fraction of sp³-hybridized carbons (Fsp3) is 0.400. The average molecular weight is 352 g/mol. The predicted octanol–water partition coefficient (Wildman–Crippen LogP) is 2.87.